The number of pyridine rings is 1. The van der Waals surface area contributed by atoms with E-state index in [-0.39, 0.29) is 6.61 Å². The van der Waals surface area contributed by atoms with Gasteiger partial charge in [0.05, 0.1) is 22.5 Å². The minimum absolute atomic E-state index is 0.0428. The number of esters is 1. The molecule has 2 aromatic heterocycles. The minimum Gasteiger partial charge on any atom is -0.454 e. The molecule has 1 aliphatic rings. The Hall–Kier alpha value is -4.65. The molecule has 2 heterocycles. The number of allylic oxidation sites excluding steroid dienone is 1. The molecule has 5 aromatic rings. The van der Waals surface area contributed by atoms with E-state index in [1.807, 2.05) is 72.8 Å². The first kappa shape index (κ1) is 20.9. The largest absolute Gasteiger partial charge is 0.454 e. The van der Waals surface area contributed by atoms with Crippen LogP contribution in [-0.2, 0) is 17.8 Å². The van der Waals surface area contributed by atoms with Gasteiger partial charge in [-0.3, -0.25) is 0 Å². The highest BCUT2D eigenvalue weighted by Crippen LogP contribution is 2.37. The third kappa shape index (κ3) is 3.97. The van der Waals surface area contributed by atoms with E-state index in [9.17, 15) is 4.79 Å². The number of hydrogen-bond acceptors (Lipinski definition) is 6. The lowest BCUT2D eigenvalue weighted by molar-refractivity contribution is 0.0460. The lowest BCUT2D eigenvalue weighted by atomic mass is 10.0. The molecule has 0 fully saturated rings. The molecule has 0 saturated heterocycles. The zero-order valence-corrected chi connectivity index (χ0v) is 18.8. The summed E-state index contributed by atoms with van der Waals surface area (Å²) in [6.45, 7) is -0.0428. The number of ether oxygens (including phenoxy) is 1. The van der Waals surface area contributed by atoms with Crippen molar-refractivity contribution < 1.29 is 9.53 Å². The summed E-state index contributed by atoms with van der Waals surface area (Å²) in [5, 5.41) is 12.6. The molecular formula is C28H21N5O2. The second-order valence-electron chi connectivity index (χ2n) is 8.33. The van der Waals surface area contributed by atoms with Crippen LogP contribution in [0, 0.1) is 0 Å². The van der Waals surface area contributed by atoms with E-state index in [0.717, 1.165) is 51.8 Å². The van der Waals surface area contributed by atoms with Crippen LogP contribution in [0.1, 0.15) is 39.4 Å². The summed E-state index contributed by atoms with van der Waals surface area (Å²) in [6.07, 6.45) is 3.70. The van der Waals surface area contributed by atoms with Gasteiger partial charge in [0.2, 0.25) is 0 Å². The van der Waals surface area contributed by atoms with Crippen LogP contribution >= 0.6 is 0 Å². The van der Waals surface area contributed by atoms with E-state index >= 15 is 0 Å². The van der Waals surface area contributed by atoms with Crippen molar-refractivity contribution in [1.29, 1.82) is 0 Å². The van der Waals surface area contributed by atoms with Crippen molar-refractivity contribution in [3.63, 3.8) is 0 Å². The molecule has 0 unspecified atom stereocenters. The summed E-state index contributed by atoms with van der Waals surface area (Å²) >= 11 is 0. The van der Waals surface area contributed by atoms with Crippen molar-refractivity contribution in [3.8, 4) is 5.69 Å². The number of carbonyl (C=O) groups is 1. The maximum absolute atomic E-state index is 13.5. The Morgan fingerprint density at radius 1 is 0.914 bits per heavy atom. The topological polar surface area (TPSA) is 82.8 Å². The zero-order valence-electron chi connectivity index (χ0n) is 18.8. The highest BCUT2D eigenvalue weighted by atomic mass is 16.5. The molecule has 0 amide bonds. The predicted octanol–water partition coefficient (Wildman–Crippen LogP) is 5.05. The number of benzene rings is 3. The maximum atomic E-state index is 13.5. The number of rotatable bonds is 5. The van der Waals surface area contributed by atoms with E-state index in [0.29, 0.717) is 11.4 Å². The quantitative estimate of drug-likeness (QED) is 0.342. The summed E-state index contributed by atoms with van der Waals surface area (Å²) in [7, 11) is 0. The van der Waals surface area contributed by atoms with Crippen molar-refractivity contribution in [2.24, 2.45) is 0 Å². The van der Waals surface area contributed by atoms with Crippen LogP contribution in [0.5, 0.6) is 0 Å². The smallest absolute Gasteiger partial charge is 0.339 e. The summed E-state index contributed by atoms with van der Waals surface area (Å²) in [5.41, 5.74) is 6.18. The fraction of sp³-hybridized carbons (Fsp3) is 0.107. The van der Waals surface area contributed by atoms with Gasteiger partial charge in [0.1, 0.15) is 0 Å². The maximum Gasteiger partial charge on any atom is 0.339 e. The Balaban J connectivity index is 1.36. The van der Waals surface area contributed by atoms with Crippen molar-refractivity contribution >= 4 is 28.5 Å². The Bertz CT molecular complexity index is 1560. The summed E-state index contributed by atoms with van der Waals surface area (Å²) < 4.78 is 7.34. The molecule has 3 aromatic carbocycles. The van der Waals surface area contributed by atoms with Crippen molar-refractivity contribution in [2.75, 3.05) is 0 Å². The molecule has 0 aliphatic heterocycles. The first-order valence-electron chi connectivity index (χ1n) is 11.5. The highest BCUT2D eigenvalue weighted by molar-refractivity contribution is 6.07. The van der Waals surface area contributed by atoms with Crippen molar-refractivity contribution in [3.05, 3.63) is 113 Å². The van der Waals surface area contributed by atoms with E-state index in [1.54, 1.807) is 4.68 Å². The van der Waals surface area contributed by atoms with Gasteiger partial charge in [0.15, 0.2) is 12.4 Å². The standard InChI is InChI=1S/C28H21N5O2/c34-28(35-18-25-30-31-32-33(25)21-11-5-2-6-12-21)26-22-13-7-8-14-24(22)29-27-20(15-16-23(26)27)17-19-9-3-1-4-10-19/h1-14,17H,15-16,18H2/b20-17-. The summed E-state index contributed by atoms with van der Waals surface area (Å²) in [5.74, 6) is 0.0487. The Morgan fingerprint density at radius 3 is 2.49 bits per heavy atom. The van der Waals surface area contributed by atoms with Crippen LogP contribution in [0.4, 0.5) is 0 Å². The number of hydrogen-bond donors (Lipinski definition) is 0. The van der Waals surface area contributed by atoms with Gasteiger partial charge < -0.3 is 4.74 Å². The first-order chi connectivity index (χ1) is 17.3. The lowest BCUT2D eigenvalue weighted by Crippen LogP contribution is -2.13. The van der Waals surface area contributed by atoms with Gasteiger partial charge in [-0.25, -0.2) is 9.78 Å². The molecule has 1 aliphatic carbocycles. The van der Waals surface area contributed by atoms with E-state index in [2.05, 4.69) is 33.7 Å². The Morgan fingerprint density at radius 2 is 1.66 bits per heavy atom. The molecule has 170 valence electrons. The molecule has 7 heteroatoms. The van der Waals surface area contributed by atoms with Crippen LogP contribution in [0.25, 0.3) is 28.2 Å². The van der Waals surface area contributed by atoms with Gasteiger partial charge in [0, 0.05) is 5.39 Å². The molecule has 6 rings (SSSR count). The van der Waals surface area contributed by atoms with Gasteiger partial charge in [-0.15, -0.1) is 5.10 Å². The predicted molar refractivity (Wildman–Crippen MR) is 133 cm³/mol. The minimum atomic E-state index is -0.400. The molecule has 0 atom stereocenters. The van der Waals surface area contributed by atoms with Crippen LogP contribution in [0.3, 0.4) is 0 Å². The van der Waals surface area contributed by atoms with Gasteiger partial charge in [0.25, 0.3) is 0 Å². The van der Waals surface area contributed by atoms with E-state index in [1.165, 1.54) is 0 Å². The third-order valence-corrected chi connectivity index (χ3v) is 6.15. The number of fused-ring (bicyclic) bond motifs is 2. The average Bonchev–Trinajstić information content (AvgIpc) is 3.54. The average molecular weight is 460 g/mol. The summed E-state index contributed by atoms with van der Waals surface area (Å²) in [6, 6.07) is 27.4. The SMILES string of the molecule is O=C(OCc1nnnn1-c1ccccc1)c1c2c(nc3ccccc13)/C(=C\c1ccccc1)CC2. The Labute approximate surface area is 201 Å². The summed E-state index contributed by atoms with van der Waals surface area (Å²) in [4.78, 5) is 18.4. The van der Waals surface area contributed by atoms with E-state index in [4.69, 9.17) is 9.72 Å². The zero-order chi connectivity index (χ0) is 23.6. The second-order valence-corrected chi connectivity index (χ2v) is 8.33. The fourth-order valence-corrected chi connectivity index (χ4v) is 4.53. The number of aromatic nitrogens is 5. The van der Waals surface area contributed by atoms with E-state index < -0.39 is 5.97 Å². The molecular weight excluding hydrogens is 438 g/mol. The highest BCUT2D eigenvalue weighted by Gasteiger charge is 2.28. The first-order valence-corrected chi connectivity index (χ1v) is 11.5. The van der Waals surface area contributed by atoms with Crippen LogP contribution < -0.4 is 0 Å². The van der Waals surface area contributed by atoms with Crippen LogP contribution in [-0.4, -0.2) is 31.2 Å². The molecule has 0 spiro atoms. The molecule has 7 nitrogen and oxygen atoms in total. The number of nitrogens with zero attached hydrogens (tertiary/aromatic N) is 5. The third-order valence-electron chi connectivity index (χ3n) is 6.15. The van der Waals surface area contributed by atoms with Gasteiger partial charge in [-0.1, -0.05) is 66.7 Å². The van der Waals surface area contributed by atoms with Crippen molar-refractivity contribution in [1.82, 2.24) is 25.2 Å². The van der Waals surface area contributed by atoms with Gasteiger partial charge >= 0.3 is 5.97 Å². The number of carbonyl (C=O) groups excluding carboxylic acids is 1. The molecule has 35 heavy (non-hydrogen) atoms. The van der Waals surface area contributed by atoms with Crippen LogP contribution in [0.15, 0.2) is 84.9 Å². The monoisotopic (exact) mass is 459 g/mol. The fourth-order valence-electron chi connectivity index (χ4n) is 4.53. The normalized spacial score (nSPS) is 13.8. The number of para-hydroxylation sites is 2. The molecule has 0 radical (unpaired) electrons. The molecule has 0 bridgehead atoms. The van der Waals surface area contributed by atoms with Crippen LogP contribution in [0.2, 0.25) is 0 Å². The lowest BCUT2D eigenvalue weighted by Gasteiger charge is -2.12. The van der Waals surface area contributed by atoms with Gasteiger partial charge in [-0.05, 0) is 64.2 Å². The molecule has 0 N–H and O–H groups in total. The Kier molecular flexibility index (Phi) is 5.35. The second kappa shape index (κ2) is 8.95. The van der Waals surface area contributed by atoms with Crippen molar-refractivity contribution in [2.45, 2.75) is 19.4 Å². The molecule has 0 saturated carbocycles. The van der Waals surface area contributed by atoms with Gasteiger partial charge in [-0.2, -0.15) is 4.68 Å². The number of tetrazole rings is 1.